The quantitative estimate of drug-likeness (QED) is 0.503. The topological polar surface area (TPSA) is 17.1 Å². The van der Waals surface area contributed by atoms with Gasteiger partial charge in [-0.3, -0.25) is 4.79 Å². The molecule has 0 aliphatic rings. The maximum atomic E-state index is 12.0. The van der Waals surface area contributed by atoms with Crippen LogP contribution in [-0.4, -0.2) is 12.2 Å². The van der Waals surface area contributed by atoms with E-state index in [2.05, 4.69) is 5.92 Å². The summed E-state index contributed by atoms with van der Waals surface area (Å²) in [7, 11) is 0. The molecule has 66 valence electrons. The molecule has 0 atom stereocenters. The fourth-order valence-corrected chi connectivity index (χ4v) is 0.941. The van der Waals surface area contributed by atoms with Gasteiger partial charge in [0.1, 0.15) is 0 Å². The average molecular weight is 180 g/mol. The zero-order valence-corrected chi connectivity index (χ0v) is 6.63. The Balaban J connectivity index is 3.15. The van der Waals surface area contributed by atoms with Gasteiger partial charge in [-0.05, 0) is 12.1 Å². The smallest absolute Gasteiger partial charge is 0.288 e. The van der Waals surface area contributed by atoms with E-state index in [0.29, 0.717) is 0 Å². The zero-order chi connectivity index (χ0) is 9.84. The zero-order valence-electron chi connectivity index (χ0n) is 6.63. The molecule has 13 heavy (non-hydrogen) atoms. The van der Waals surface area contributed by atoms with Crippen molar-refractivity contribution in [2.75, 3.05) is 0 Å². The van der Waals surface area contributed by atoms with Crippen LogP contribution in [0.4, 0.5) is 8.78 Å². The third-order valence-corrected chi connectivity index (χ3v) is 1.55. The summed E-state index contributed by atoms with van der Waals surface area (Å²) in [6.07, 6.45) is 2.04. The van der Waals surface area contributed by atoms with E-state index in [4.69, 9.17) is 6.42 Å². The first-order valence-electron chi connectivity index (χ1n) is 3.55. The van der Waals surface area contributed by atoms with E-state index >= 15 is 0 Å². The Morgan fingerprint density at radius 2 is 2.00 bits per heavy atom. The highest BCUT2D eigenvalue weighted by Gasteiger charge is 2.19. The number of benzene rings is 1. The minimum atomic E-state index is -3.01. The monoisotopic (exact) mass is 180 g/mol. The van der Waals surface area contributed by atoms with Gasteiger partial charge >= 0.3 is 6.43 Å². The van der Waals surface area contributed by atoms with Crippen LogP contribution in [0.3, 0.4) is 0 Å². The second-order valence-corrected chi connectivity index (χ2v) is 2.35. The molecule has 3 heteroatoms. The Labute approximate surface area is 74.4 Å². The van der Waals surface area contributed by atoms with Crippen molar-refractivity contribution in [3.8, 4) is 12.3 Å². The van der Waals surface area contributed by atoms with Crippen LogP contribution in [0, 0.1) is 12.3 Å². The summed E-state index contributed by atoms with van der Waals surface area (Å²) >= 11 is 0. The van der Waals surface area contributed by atoms with Gasteiger partial charge in [0.25, 0.3) is 0 Å². The van der Waals surface area contributed by atoms with Crippen LogP contribution >= 0.6 is 0 Å². The SMILES string of the molecule is C#Cc1ccccc1C(=O)C(F)F. The standard InChI is InChI=1S/C10H6F2O/c1-2-7-5-3-4-6-8(7)9(13)10(11)12/h1,3-6,10H. The van der Waals surface area contributed by atoms with Gasteiger partial charge in [0, 0.05) is 11.1 Å². The van der Waals surface area contributed by atoms with Crippen molar-refractivity contribution >= 4 is 5.78 Å². The minimum Gasteiger partial charge on any atom is -0.288 e. The number of carbonyl (C=O) groups is 1. The van der Waals surface area contributed by atoms with Crippen molar-refractivity contribution in [3.05, 3.63) is 35.4 Å². The molecule has 0 aliphatic heterocycles. The molecule has 1 rings (SSSR count). The van der Waals surface area contributed by atoms with E-state index in [1.807, 2.05) is 0 Å². The van der Waals surface area contributed by atoms with E-state index in [1.165, 1.54) is 18.2 Å². The highest BCUT2D eigenvalue weighted by Crippen LogP contribution is 2.12. The van der Waals surface area contributed by atoms with Crippen molar-refractivity contribution in [3.63, 3.8) is 0 Å². The molecule has 0 saturated heterocycles. The molecule has 0 N–H and O–H groups in total. The fourth-order valence-electron chi connectivity index (χ4n) is 0.941. The van der Waals surface area contributed by atoms with Crippen molar-refractivity contribution < 1.29 is 13.6 Å². The molecule has 0 bridgehead atoms. The summed E-state index contributed by atoms with van der Waals surface area (Å²) in [6.45, 7) is 0. The van der Waals surface area contributed by atoms with Crippen LogP contribution < -0.4 is 0 Å². The highest BCUT2D eigenvalue weighted by atomic mass is 19.3. The van der Waals surface area contributed by atoms with Crippen LogP contribution in [0.15, 0.2) is 24.3 Å². The van der Waals surface area contributed by atoms with Gasteiger partial charge in [0.05, 0.1) is 0 Å². The summed E-state index contributed by atoms with van der Waals surface area (Å²) in [5, 5.41) is 0. The summed E-state index contributed by atoms with van der Waals surface area (Å²) in [5.41, 5.74) is 0.104. The Kier molecular flexibility index (Phi) is 2.76. The second kappa shape index (κ2) is 3.81. The summed E-state index contributed by atoms with van der Waals surface area (Å²) in [4.78, 5) is 10.9. The Hall–Kier alpha value is -1.69. The van der Waals surface area contributed by atoms with Crippen molar-refractivity contribution in [1.29, 1.82) is 0 Å². The number of alkyl halides is 2. The Bertz CT molecular complexity index is 363. The predicted molar refractivity (Wildman–Crippen MR) is 44.7 cm³/mol. The van der Waals surface area contributed by atoms with Crippen LogP contribution in [0.2, 0.25) is 0 Å². The predicted octanol–water partition coefficient (Wildman–Crippen LogP) is 2.12. The van der Waals surface area contributed by atoms with E-state index < -0.39 is 12.2 Å². The molecule has 0 aromatic heterocycles. The lowest BCUT2D eigenvalue weighted by molar-refractivity contribution is 0.0678. The van der Waals surface area contributed by atoms with Crippen molar-refractivity contribution in [1.82, 2.24) is 0 Å². The van der Waals surface area contributed by atoms with Gasteiger partial charge in [-0.15, -0.1) is 6.42 Å². The molecule has 0 unspecified atom stereocenters. The van der Waals surface area contributed by atoms with Crippen LogP contribution in [-0.2, 0) is 0 Å². The molecule has 0 fully saturated rings. The summed E-state index contributed by atoms with van der Waals surface area (Å²) in [6, 6.07) is 5.84. The first kappa shape index (κ1) is 9.40. The van der Waals surface area contributed by atoms with Gasteiger partial charge in [-0.1, -0.05) is 18.1 Å². The van der Waals surface area contributed by atoms with E-state index in [0.717, 1.165) is 0 Å². The Morgan fingerprint density at radius 1 is 1.38 bits per heavy atom. The maximum Gasteiger partial charge on any atom is 0.300 e. The average Bonchev–Trinajstić information content (AvgIpc) is 2.16. The molecule has 1 aromatic rings. The first-order chi connectivity index (χ1) is 6.16. The van der Waals surface area contributed by atoms with Crippen molar-refractivity contribution in [2.24, 2.45) is 0 Å². The number of terminal acetylenes is 1. The third-order valence-electron chi connectivity index (χ3n) is 1.55. The van der Waals surface area contributed by atoms with Crippen molar-refractivity contribution in [2.45, 2.75) is 6.43 Å². The summed E-state index contributed by atoms with van der Waals surface area (Å²) < 4.78 is 24.0. The van der Waals surface area contributed by atoms with Gasteiger partial charge < -0.3 is 0 Å². The third kappa shape index (κ3) is 1.91. The lowest BCUT2D eigenvalue weighted by Gasteiger charge is -2.01. The molecule has 1 aromatic carbocycles. The van der Waals surface area contributed by atoms with Gasteiger partial charge in [0.15, 0.2) is 0 Å². The number of hydrogen-bond donors (Lipinski definition) is 0. The fraction of sp³-hybridized carbons (Fsp3) is 0.100. The molecular weight excluding hydrogens is 174 g/mol. The summed E-state index contributed by atoms with van der Waals surface area (Å²) in [5.74, 6) is 0.949. The van der Waals surface area contributed by atoms with Crippen LogP contribution in [0.25, 0.3) is 0 Å². The number of halogens is 2. The number of Topliss-reactive ketones (excluding diaryl/α,β-unsaturated/α-hetero) is 1. The highest BCUT2D eigenvalue weighted by molar-refractivity contribution is 6.00. The molecule has 0 saturated carbocycles. The van der Waals surface area contributed by atoms with E-state index in [9.17, 15) is 13.6 Å². The van der Waals surface area contributed by atoms with Gasteiger partial charge in [0.2, 0.25) is 5.78 Å². The lowest BCUT2D eigenvalue weighted by Crippen LogP contribution is -2.11. The molecule has 0 amide bonds. The Morgan fingerprint density at radius 3 is 2.54 bits per heavy atom. The van der Waals surface area contributed by atoms with Crippen LogP contribution in [0.5, 0.6) is 0 Å². The largest absolute Gasteiger partial charge is 0.300 e. The molecule has 1 nitrogen and oxygen atoms in total. The molecule has 0 aliphatic carbocycles. The maximum absolute atomic E-state index is 12.0. The minimum absolute atomic E-state index is 0.0972. The number of rotatable bonds is 2. The second-order valence-electron chi connectivity index (χ2n) is 2.35. The molecule has 0 heterocycles. The number of ketones is 1. The van der Waals surface area contributed by atoms with E-state index in [-0.39, 0.29) is 11.1 Å². The first-order valence-corrected chi connectivity index (χ1v) is 3.55. The normalized spacial score (nSPS) is 9.69. The molecule has 0 radical (unpaired) electrons. The lowest BCUT2D eigenvalue weighted by atomic mass is 10.0. The van der Waals surface area contributed by atoms with E-state index in [1.54, 1.807) is 6.07 Å². The van der Waals surface area contributed by atoms with Gasteiger partial charge in [-0.2, -0.15) is 0 Å². The number of hydrogen-bond acceptors (Lipinski definition) is 1. The van der Waals surface area contributed by atoms with Gasteiger partial charge in [-0.25, -0.2) is 8.78 Å². The number of carbonyl (C=O) groups excluding carboxylic acids is 1. The molecular formula is C10H6F2O. The van der Waals surface area contributed by atoms with Crippen LogP contribution in [0.1, 0.15) is 15.9 Å². The molecule has 0 spiro atoms.